The molecule has 1 aromatic rings. The predicted octanol–water partition coefficient (Wildman–Crippen LogP) is 1.06. The van der Waals surface area contributed by atoms with Gasteiger partial charge in [0.1, 0.15) is 6.04 Å². The fourth-order valence-corrected chi connectivity index (χ4v) is 3.11. The van der Waals surface area contributed by atoms with Crippen LogP contribution in [0.5, 0.6) is 0 Å². The number of carbonyl (C=O) groups excluding carboxylic acids is 3. The second-order valence-electron chi connectivity index (χ2n) is 5.44. The average molecular weight is 369 g/mol. The number of nitrogens with zero attached hydrogens (tertiary/aromatic N) is 1. The number of β-lactam (4-membered cyclic amide) rings is 1. The number of nitrogens with one attached hydrogen (secondary N) is 2. The molecule has 10 heteroatoms. The molecule has 1 heterocycles. The van der Waals surface area contributed by atoms with Crippen molar-refractivity contribution in [3.8, 4) is 0 Å². The lowest BCUT2D eigenvalue weighted by atomic mass is 9.97. The minimum atomic E-state index is -3.80. The zero-order valence-corrected chi connectivity index (χ0v) is 15.0. The van der Waals surface area contributed by atoms with Crippen LogP contribution in [0.25, 0.3) is 0 Å². The molecule has 1 aliphatic heterocycles. The molecule has 2 N–H and O–H groups in total. The van der Waals surface area contributed by atoms with Gasteiger partial charge in [-0.1, -0.05) is 30.3 Å². The van der Waals surface area contributed by atoms with E-state index in [4.69, 9.17) is 0 Å². The van der Waals surface area contributed by atoms with Crippen LogP contribution in [0.15, 0.2) is 30.3 Å². The van der Waals surface area contributed by atoms with Crippen molar-refractivity contribution in [3.63, 3.8) is 0 Å². The minimum Gasteiger partial charge on any atom is -0.342 e. The molecule has 0 radical (unpaired) electrons. The van der Waals surface area contributed by atoms with Gasteiger partial charge < -0.3 is 5.32 Å². The number of likely N-dealkylation sites (tertiary alicyclic amines) is 1. The summed E-state index contributed by atoms with van der Waals surface area (Å²) >= 11 is 0. The van der Waals surface area contributed by atoms with Crippen LogP contribution in [0.2, 0.25) is 0 Å². The van der Waals surface area contributed by atoms with E-state index in [0.29, 0.717) is 0 Å². The van der Waals surface area contributed by atoms with Crippen LogP contribution in [0.4, 0.5) is 4.79 Å². The predicted molar refractivity (Wildman–Crippen MR) is 88.5 cm³/mol. The van der Waals surface area contributed by atoms with E-state index in [1.165, 1.54) is 0 Å². The molecule has 0 aromatic heterocycles. The number of benzene rings is 1. The topological polar surface area (TPSA) is 114 Å². The maximum atomic E-state index is 12.1. The van der Waals surface area contributed by atoms with E-state index < -0.39 is 31.8 Å². The molecular weight excluding hydrogens is 349 g/mol. The molecule has 0 spiro atoms. The van der Waals surface area contributed by atoms with Crippen LogP contribution < -0.4 is 10.4 Å². The van der Waals surface area contributed by atoms with Gasteiger partial charge in [0, 0.05) is 14.2 Å². The maximum Gasteiger partial charge on any atom is 0.435 e. The first-order valence-electron chi connectivity index (χ1n) is 7.51. The molecule has 9 nitrogen and oxygen atoms in total. The first-order chi connectivity index (χ1) is 11.8. The summed E-state index contributed by atoms with van der Waals surface area (Å²) in [6.45, 7) is 1.60. The number of carbonyl (C=O) groups is 3. The largest absolute Gasteiger partial charge is 0.435 e. The molecule has 1 saturated heterocycles. The van der Waals surface area contributed by atoms with Gasteiger partial charge in [-0.2, -0.15) is 0 Å². The Morgan fingerprint density at radius 1 is 1.20 bits per heavy atom. The van der Waals surface area contributed by atoms with E-state index in [1.54, 1.807) is 19.1 Å². The molecule has 2 atom stereocenters. The monoisotopic (exact) mass is 369 g/mol. The third-order valence-electron chi connectivity index (χ3n) is 3.85. The Balaban J connectivity index is 1.92. The van der Waals surface area contributed by atoms with Crippen molar-refractivity contribution in [2.24, 2.45) is 0 Å². The highest BCUT2D eigenvalue weighted by Crippen LogP contribution is 2.42. The van der Waals surface area contributed by atoms with Crippen molar-refractivity contribution in [1.29, 1.82) is 0 Å². The number of hydrogen-bond donors (Lipinski definition) is 2. The highest BCUT2D eigenvalue weighted by molar-refractivity contribution is 7.52. The van der Waals surface area contributed by atoms with Gasteiger partial charge in [0.15, 0.2) is 0 Å². The van der Waals surface area contributed by atoms with Gasteiger partial charge in [0.05, 0.1) is 12.5 Å². The molecule has 1 aliphatic rings. The van der Waals surface area contributed by atoms with E-state index in [0.717, 1.165) is 24.7 Å². The fourth-order valence-electron chi connectivity index (χ4n) is 2.43. The van der Waals surface area contributed by atoms with E-state index in [1.807, 2.05) is 23.3 Å². The van der Waals surface area contributed by atoms with Gasteiger partial charge in [-0.05, 0) is 12.5 Å². The standard InChI is InChI=1S/C15H20N3O6P/c1-10-13(16-12(19)9-11-7-5-4-6-8-11)14(20)18(10)15(21)17-25(22,23-2)24-3/h4-8,10,13H,9H2,1-3H3,(H,16,19)(H,17,21,22)/t10-,13-/m0/s1. The molecule has 1 aromatic carbocycles. The Kier molecular flexibility index (Phi) is 5.94. The maximum absolute atomic E-state index is 12.1. The van der Waals surface area contributed by atoms with Crippen molar-refractivity contribution >= 4 is 25.6 Å². The number of imide groups is 1. The normalized spacial score (nSPS) is 20.0. The summed E-state index contributed by atoms with van der Waals surface area (Å²) in [6, 6.07) is 6.77. The van der Waals surface area contributed by atoms with Gasteiger partial charge >= 0.3 is 13.8 Å². The summed E-state index contributed by atoms with van der Waals surface area (Å²) in [7, 11) is -1.58. The van der Waals surface area contributed by atoms with Crippen LogP contribution in [0.1, 0.15) is 12.5 Å². The quantitative estimate of drug-likeness (QED) is 0.572. The lowest BCUT2D eigenvalue weighted by Gasteiger charge is -2.43. The summed E-state index contributed by atoms with van der Waals surface area (Å²) in [4.78, 5) is 37.1. The van der Waals surface area contributed by atoms with Gasteiger partial charge in [-0.3, -0.25) is 23.5 Å². The lowest BCUT2D eigenvalue weighted by Crippen LogP contribution is -2.72. The first-order valence-corrected chi connectivity index (χ1v) is 9.05. The third-order valence-corrected chi connectivity index (χ3v) is 5.28. The summed E-state index contributed by atoms with van der Waals surface area (Å²) in [5.41, 5.74) is 0.815. The molecule has 0 aliphatic carbocycles. The van der Waals surface area contributed by atoms with Crippen LogP contribution in [-0.4, -0.2) is 49.0 Å². The van der Waals surface area contributed by atoms with Gasteiger partial charge in [0.2, 0.25) is 5.91 Å². The van der Waals surface area contributed by atoms with Gasteiger partial charge in [-0.15, -0.1) is 0 Å². The second kappa shape index (κ2) is 7.77. The van der Waals surface area contributed by atoms with Crippen molar-refractivity contribution in [2.75, 3.05) is 14.2 Å². The lowest BCUT2D eigenvalue weighted by molar-refractivity contribution is -0.147. The number of urea groups is 1. The van der Waals surface area contributed by atoms with Gasteiger partial charge in [-0.25, -0.2) is 14.4 Å². The Labute approximate surface area is 145 Å². The molecule has 25 heavy (non-hydrogen) atoms. The Morgan fingerprint density at radius 2 is 1.80 bits per heavy atom. The van der Waals surface area contributed by atoms with Crippen molar-refractivity contribution in [1.82, 2.24) is 15.3 Å². The van der Waals surface area contributed by atoms with Crippen molar-refractivity contribution < 1.29 is 28.0 Å². The smallest absolute Gasteiger partial charge is 0.342 e. The van der Waals surface area contributed by atoms with Crippen LogP contribution in [-0.2, 0) is 29.6 Å². The van der Waals surface area contributed by atoms with E-state index >= 15 is 0 Å². The molecule has 0 bridgehead atoms. The van der Waals surface area contributed by atoms with Gasteiger partial charge in [0.25, 0.3) is 5.91 Å². The molecule has 4 amide bonds. The van der Waals surface area contributed by atoms with E-state index in [2.05, 4.69) is 14.4 Å². The highest BCUT2D eigenvalue weighted by atomic mass is 31.2. The fraction of sp³-hybridized carbons (Fsp3) is 0.400. The van der Waals surface area contributed by atoms with E-state index in [-0.39, 0.29) is 12.3 Å². The van der Waals surface area contributed by atoms with Crippen LogP contribution in [0, 0.1) is 0 Å². The molecular formula is C15H20N3O6P. The zero-order valence-electron chi connectivity index (χ0n) is 14.1. The number of hydrogen-bond acceptors (Lipinski definition) is 6. The Bertz CT molecular complexity index is 702. The molecule has 0 unspecified atom stereocenters. The first kappa shape index (κ1) is 19.1. The molecule has 0 saturated carbocycles. The van der Waals surface area contributed by atoms with Crippen LogP contribution in [0.3, 0.4) is 0 Å². The Hall–Kier alpha value is -2.22. The summed E-state index contributed by atoms with van der Waals surface area (Å²) in [5, 5.41) is 4.63. The second-order valence-corrected chi connectivity index (χ2v) is 7.38. The average Bonchev–Trinajstić information content (AvgIpc) is 2.60. The van der Waals surface area contributed by atoms with Crippen molar-refractivity contribution in [3.05, 3.63) is 35.9 Å². The summed E-state index contributed by atoms with van der Waals surface area (Å²) in [6.07, 6.45) is 0.131. The number of rotatable bonds is 6. The minimum absolute atomic E-state index is 0.131. The SMILES string of the molecule is COP(=O)(NC(=O)N1C(=O)[C@@H](NC(=O)Cc2ccccc2)[C@@H]1C)OC. The summed E-state index contributed by atoms with van der Waals surface area (Å²) < 4.78 is 21.1. The molecule has 136 valence electrons. The molecule has 2 rings (SSSR count). The number of amides is 4. The van der Waals surface area contributed by atoms with Crippen LogP contribution >= 0.6 is 7.75 Å². The summed E-state index contributed by atoms with van der Waals surface area (Å²) in [5.74, 6) is -0.916. The third kappa shape index (κ3) is 4.25. The van der Waals surface area contributed by atoms with E-state index in [9.17, 15) is 18.9 Å². The Morgan fingerprint density at radius 3 is 2.32 bits per heavy atom. The zero-order chi connectivity index (χ0) is 18.6. The highest BCUT2D eigenvalue weighted by Gasteiger charge is 2.50. The molecule has 1 fully saturated rings. The van der Waals surface area contributed by atoms with Crippen molar-refractivity contribution in [2.45, 2.75) is 25.4 Å².